The standard InChI is InChI=1S/C8H4ClF2N3O/c9-7(15)4-1-3(13)6(8(10)11)5(2-12)14-4/h1,8H,(H2,13,14). The Kier molecular flexibility index (Phi) is 3.17. The highest BCUT2D eigenvalue weighted by Crippen LogP contribution is 2.28. The lowest BCUT2D eigenvalue weighted by atomic mass is 10.1. The fourth-order valence-electron chi connectivity index (χ4n) is 0.990. The largest absolute Gasteiger partial charge is 0.398 e. The van der Waals surface area contributed by atoms with Crippen LogP contribution in [0.3, 0.4) is 0 Å². The van der Waals surface area contributed by atoms with Crippen molar-refractivity contribution in [2.75, 3.05) is 5.73 Å². The number of rotatable bonds is 2. The van der Waals surface area contributed by atoms with Gasteiger partial charge in [-0.3, -0.25) is 4.79 Å². The number of nitrogens with two attached hydrogens (primary N) is 1. The van der Waals surface area contributed by atoms with Crippen LogP contribution in [0.15, 0.2) is 6.07 Å². The van der Waals surface area contributed by atoms with Crippen LogP contribution in [0.2, 0.25) is 0 Å². The third kappa shape index (κ3) is 2.19. The average molecular weight is 232 g/mol. The molecule has 0 aliphatic carbocycles. The lowest BCUT2D eigenvalue weighted by Gasteiger charge is -2.06. The van der Waals surface area contributed by atoms with Crippen LogP contribution >= 0.6 is 11.6 Å². The number of halogens is 3. The van der Waals surface area contributed by atoms with Crippen molar-refractivity contribution in [1.82, 2.24) is 4.98 Å². The highest BCUT2D eigenvalue weighted by molar-refractivity contribution is 6.67. The minimum Gasteiger partial charge on any atom is -0.398 e. The molecule has 15 heavy (non-hydrogen) atoms. The topological polar surface area (TPSA) is 79.8 Å². The van der Waals surface area contributed by atoms with E-state index in [-0.39, 0.29) is 11.4 Å². The van der Waals surface area contributed by atoms with E-state index in [0.29, 0.717) is 0 Å². The number of anilines is 1. The third-order valence-electron chi connectivity index (χ3n) is 1.62. The summed E-state index contributed by atoms with van der Waals surface area (Å²) >= 11 is 5.08. The number of nitrogens with zero attached hydrogens (tertiary/aromatic N) is 2. The Hall–Kier alpha value is -1.74. The smallest absolute Gasteiger partial charge is 0.270 e. The van der Waals surface area contributed by atoms with Gasteiger partial charge in [0.25, 0.3) is 11.7 Å². The number of aromatic nitrogens is 1. The highest BCUT2D eigenvalue weighted by Gasteiger charge is 2.20. The number of nitrogen functional groups attached to an aromatic ring is 1. The molecule has 0 aromatic carbocycles. The fourth-order valence-corrected chi connectivity index (χ4v) is 1.09. The molecule has 1 aromatic rings. The van der Waals surface area contributed by atoms with Gasteiger partial charge in [-0.1, -0.05) is 0 Å². The minimum atomic E-state index is -2.92. The Morgan fingerprint density at radius 3 is 2.67 bits per heavy atom. The molecule has 0 saturated carbocycles. The zero-order chi connectivity index (χ0) is 11.6. The maximum absolute atomic E-state index is 12.4. The number of alkyl halides is 2. The van der Waals surface area contributed by atoms with Gasteiger partial charge in [0.2, 0.25) is 0 Å². The highest BCUT2D eigenvalue weighted by atomic mass is 35.5. The molecule has 0 fully saturated rings. The van der Waals surface area contributed by atoms with Gasteiger partial charge in [-0.2, -0.15) is 5.26 Å². The van der Waals surface area contributed by atoms with Gasteiger partial charge < -0.3 is 5.73 Å². The first kappa shape index (κ1) is 11.3. The van der Waals surface area contributed by atoms with Crippen LogP contribution < -0.4 is 5.73 Å². The van der Waals surface area contributed by atoms with Crippen molar-refractivity contribution in [1.29, 1.82) is 5.26 Å². The van der Waals surface area contributed by atoms with Gasteiger partial charge in [0.1, 0.15) is 11.8 Å². The Morgan fingerprint density at radius 2 is 2.27 bits per heavy atom. The molecule has 0 atom stereocenters. The zero-order valence-corrected chi connectivity index (χ0v) is 7.92. The predicted molar refractivity (Wildman–Crippen MR) is 48.5 cm³/mol. The number of carbonyl (C=O) groups excluding carboxylic acids is 1. The van der Waals surface area contributed by atoms with Gasteiger partial charge in [0.05, 0.1) is 5.56 Å². The predicted octanol–water partition coefficient (Wildman–Crippen LogP) is 1.85. The second-order valence-corrected chi connectivity index (χ2v) is 2.89. The van der Waals surface area contributed by atoms with E-state index in [4.69, 9.17) is 22.6 Å². The molecular formula is C8H4ClF2N3O. The normalized spacial score (nSPS) is 10.1. The molecule has 78 valence electrons. The first-order valence-corrected chi connectivity index (χ1v) is 4.03. The molecule has 1 aromatic heterocycles. The van der Waals surface area contributed by atoms with Crippen molar-refractivity contribution in [3.63, 3.8) is 0 Å². The second kappa shape index (κ2) is 4.19. The van der Waals surface area contributed by atoms with Gasteiger partial charge in [-0.05, 0) is 17.7 Å². The molecule has 1 heterocycles. The maximum Gasteiger partial charge on any atom is 0.270 e. The molecule has 1 rings (SSSR count). The van der Waals surface area contributed by atoms with Crippen LogP contribution in [-0.4, -0.2) is 10.2 Å². The zero-order valence-electron chi connectivity index (χ0n) is 7.17. The van der Waals surface area contributed by atoms with Gasteiger partial charge in [-0.25, -0.2) is 13.8 Å². The summed E-state index contributed by atoms with van der Waals surface area (Å²) < 4.78 is 24.8. The van der Waals surface area contributed by atoms with Gasteiger partial charge >= 0.3 is 0 Å². The van der Waals surface area contributed by atoms with Crippen LogP contribution in [0.5, 0.6) is 0 Å². The Bertz CT molecular complexity index is 456. The van der Waals surface area contributed by atoms with Crippen molar-refractivity contribution < 1.29 is 13.6 Å². The molecular weight excluding hydrogens is 228 g/mol. The van der Waals surface area contributed by atoms with Crippen LogP contribution in [0.1, 0.15) is 28.2 Å². The van der Waals surface area contributed by atoms with E-state index < -0.39 is 22.9 Å². The lowest BCUT2D eigenvalue weighted by molar-refractivity contribution is 0.107. The van der Waals surface area contributed by atoms with Gasteiger partial charge in [0.15, 0.2) is 5.69 Å². The lowest BCUT2D eigenvalue weighted by Crippen LogP contribution is -2.06. The summed E-state index contributed by atoms with van der Waals surface area (Å²) in [4.78, 5) is 14.1. The molecule has 7 heteroatoms. The summed E-state index contributed by atoms with van der Waals surface area (Å²) in [5, 5.41) is 7.58. The van der Waals surface area contributed by atoms with E-state index in [2.05, 4.69) is 4.98 Å². The van der Waals surface area contributed by atoms with Crippen molar-refractivity contribution >= 4 is 22.5 Å². The monoisotopic (exact) mass is 231 g/mol. The number of carbonyl (C=O) groups is 1. The van der Waals surface area contributed by atoms with Crippen molar-refractivity contribution in [3.05, 3.63) is 23.0 Å². The molecule has 2 N–H and O–H groups in total. The molecule has 0 bridgehead atoms. The summed E-state index contributed by atoms with van der Waals surface area (Å²) in [6.45, 7) is 0. The molecule has 0 amide bonds. The maximum atomic E-state index is 12.4. The van der Waals surface area contributed by atoms with E-state index in [0.717, 1.165) is 6.07 Å². The Morgan fingerprint density at radius 1 is 1.67 bits per heavy atom. The van der Waals surface area contributed by atoms with Gasteiger partial charge in [-0.15, -0.1) is 0 Å². The second-order valence-electron chi connectivity index (χ2n) is 2.55. The SMILES string of the molecule is N#Cc1nc(C(=O)Cl)cc(N)c1C(F)F. The molecule has 0 aliphatic rings. The van der Waals surface area contributed by atoms with Crippen LogP contribution in [0.4, 0.5) is 14.5 Å². The first-order valence-electron chi connectivity index (χ1n) is 3.66. The summed E-state index contributed by atoms with van der Waals surface area (Å²) in [7, 11) is 0. The summed E-state index contributed by atoms with van der Waals surface area (Å²) in [6, 6.07) is 2.35. The molecule has 0 unspecified atom stereocenters. The molecule has 0 aliphatic heterocycles. The summed E-state index contributed by atoms with van der Waals surface area (Å²) in [6.07, 6.45) is -2.92. The van der Waals surface area contributed by atoms with Crippen LogP contribution in [-0.2, 0) is 0 Å². The molecule has 0 spiro atoms. The first-order chi connectivity index (χ1) is 6.97. The fraction of sp³-hybridized carbons (Fsp3) is 0.125. The summed E-state index contributed by atoms with van der Waals surface area (Å²) in [5.41, 5.74) is 3.29. The Labute approximate surface area is 88.3 Å². The molecule has 0 saturated heterocycles. The molecule has 0 radical (unpaired) electrons. The van der Waals surface area contributed by atoms with Crippen molar-refractivity contribution in [2.24, 2.45) is 0 Å². The van der Waals surface area contributed by atoms with Crippen molar-refractivity contribution in [2.45, 2.75) is 6.43 Å². The van der Waals surface area contributed by atoms with E-state index in [1.165, 1.54) is 6.07 Å². The van der Waals surface area contributed by atoms with Crippen LogP contribution in [0.25, 0.3) is 0 Å². The van der Waals surface area contributed by atoms with E-state index >= 15 is 0 Å². The van der Waals surface area contributed by atoms with E-state index in [1.54, 1.807) is 0 Å². The van der Waals surface area contributed by atoms with E-state index in [1.807, 2.05) is 0 Å². The average Bonchev–Trinajstić information content (AvgIpc) is 2.15. The van der Waals surface area contributed by atoms with Crippen molar-refractivity contribution in [3.8, 4) is 6.07 Å². The number of hydrogen-bond acceptors (Lipinski definition) is 4. The molecule has 4 nitrogen and oxygen atoms in total. The Balaban J connectivity index is 3.46. The quantitative estimate of drug-likeness (QED) is 0.788. The number of nitriles is 1. The number of pyridine rings is 1. The number of hydrogen-bond donors (Lipinski definition) is 1. The summed E-state index contributed by atoms with van der Waals surface area (Å²) in [5.74, 6) is 0. The van der Waals surface area contributed by atoms with Crippen LogP contribution in [0, 0.1) is 11.3 Å². The van der Waals surface area contributed by atoms with Gasteiger partial charge in [0, 0.05) is 5.69 Å². The third-order valence-corrected chi connectivity index (χ3v) is 1.81. The minimum absolute atomic E-state index is 0.324. The van der Waals surface area contributed by atoms with E-state index in [9.17, 15) is 13.6 Å².